The van der Waals surface area contributed by atoms with Crippen LogP contribution in [-0.4, -0.2) is 37.4 Å². The van der Waals surface area contributed by atoms with Gasteiger partial charge in [0, 0.05) is 19.4 Å². The fraction of sp³-hybridized carbons (Fsp3) is 1.00. The standard InChI is InChI=1S/C13H28BrNSi/c1-6-15(7-2)10-11-8-9-12(13(11)14)16(3,4)5/h11-13H,6-10H2,1-5H3. The first-order valence-corrected chi connectivity index (χ1v) is 11.3. The van der Waals surface area contributed by atoms with Crippen molar-refractivity contribution in [3.05, 3.63) is 0 Å². The summed E-state index contributed by atoms with van der Waals surface area (Å²) < 4.78 is 0. The lowest BCUT2D eigenvalue weighted by Crippen LogP contribution is -2.36. The van der Waals surface area contributed by atoms with Gasteiger partial charge in [0.1, 0.15) is 0 Å². The van der Waals surface area contributed by atoms with Gasteiger partial charge in [-0.15, -0.1) is 0 Å². The van der Waals surface area contributed by atoms with Gasteiger partial charge in [-0.05, 0) is 31.0 Å². The van der Waals surface area contributed by atoms with Crippen molar-refractivity contribution < 1.29 is 0 Å². The molecule has 1 saturated carbocycles. The zero-order chi connectivity index (χ0) is 12.3. The summed E-state index contributed by atoms with van der Waals surface area (Å²) in [5.41, 5.74) is 0.980. The van der Waals surface area contributed by atoms with Crippen LogP contribution in [0.5, 0.6) is 0 Å². The van der Waals surface area contributed by atoms with Crippen LogP contribution in [0.1, 0.15) is 26.7 Å². The largest absolute Gasteiger partial charge is 0.304 e. The molecule has 0 heterocycles. The highest BCUT2D eigenvalue weighted by molar-refractivity contribution is 9.09. The third-order valence-electron chi connectivity index (χ3n) is 4.18. The van der Waals surface area contributed by atoms with Gasteiger partial charge in [-0.3, -0.25) is 0 Å². The van der Waals surface area contributed by atoms with Gasteiger partial charge in [-0.25, -0.2) is 0 Å². The molecule has 3 heteroatoms. The Labute approximate surface area is 111 Å². The third kappa shape index (κ3) is 3.57. The number of hydrogen-bond donors (Lipinski definition) is 0. The van der Waals surface area contributed by atoms with Crippen molar-refractivity contribution in [3.8, 4) is 0 Å². The highest BCUT2D eigenvalue weighted by atomic mass is 79.9. The molecule has 3 atom stereocenters. The van der Waals surface area contributed by atoms with Gasteiger partial charge in [0.05, 0.1) is 0 Å². The summed E-state index contributed by atoms with van der Waals surface area (Å²) in [5, 5.41) is 0. The van der Waals surface area contributed by atoms with E-state index in [0.717, 1.165) is 16.3 Å². The molecule has 0 aromatic rings. The molecule has 0 aromatic carbocycles. The maximum absolute atomic E-state index is 4.00. The van der Waals surface area contributed by atoms with Crippen LogP contribution in [0.25, 0.3) is 0 Å². The third-order valence-corrected chi connectivity index (χ3v) is 8.93. The maximum atomic E-state index is 4.00. The van der Waals surface area contributed by atoms with E-state index in [9.17, 15) is 0 Å². The molecule has 96 valence electrons. The zero-order valence-electron chi connectivity index (χ0n) is 11.6. The second-order valence-electron chi connectivity index (χ2n) is 6.24. The Hall–Kier alpha value is 0.657. The quantitative estimate of drug-likeness (QED) is 0.543. The average molecular weight is 306 g/mol. The van der Waals surface area contributed by atoms with Crippen LogP contribution in [0.15, 0.2) is 0 Å². The molecule has 0 saturated heterocycles. The summed E-state index contributed by atoms with van der Waals surface area (Å²) >= 11 is 4.00. The van der Waals surface area contributed by atoms with Crippen LogP contribution in [0.4, 0.5) is 0 Å². The van der Waals surface area contributed by atoms with E-state index in [0.29, 0.717) is 0 Å². The monoisotopic (exact) mass is 305 g/mol. The van der Waals surface area contributed by atoms with E-state index in [1.165, 1.54) is 32.5 Å². The molecule has 0 bridgehead atoms. The van der Waals surface area contributed by atoms with Crippen molar-refractivity contribution in [2.45, 2.75) is 56.7 Å². The highest BCUT2D eigenvalue weighted by Crippen LogP contribution is 2.46. The van der Waals surface area contributed by atoms with Crippen molar-refractivity contribution in [1.29, 1.82) is 0 Å². The Balaban J connectivity index is 2.54. The Morgan fingerprint density at radius 1 is 1.12 bits per heavy atom. The van der Waals surface area contributed by atoms with Gasteiger partial charge in [0.2, 0.25) is 0 Å². The molecular formula is C13H28BrNSi. The van der Waals surface area contributed by atoms with Crippen molar-refractivity contribution in [3.63, 3.8) is 0 Å². The Bertz CT molecular complexity index is 210. The summed E-state index contributed by atoms with van der Waals surface area (Å²) in [6, 6.07) is 0. The van der Waals surface area contributed by atoms with Gasteiger partial charge >= 0.3 is 0 Å². The predicted octanol–water partition coefficient (Wildman–Crippen LogP) is 4.21. The molecule has 0 aromatic heterocycles. The van der Waals surface area contributed by atoms with E-state index in [-0.39, 0.29) is 0 Å². The van der Waals surface area contributed by atoms with Crippen LogP contribution < -0.4 is 0 Å². The number of alkyl halides is 1. The first-order valence-electron chi connectivity index (χ1n) is 6.76. The van der Waals surface area contributed by atoms with Gasteiger partial charge < -0.3 is 4.90 Å². The normalized spacial score (nSPS) is 31.3. The first kappa shape index (κ1) is 14.7. The first-order chi connectivity index (χ1) is 7.40. The summed E-state index contributed by atoms with van der Waals surface area (Å²) in [6.07, 6.45) is 2.89. The van der Waals surface area contributed by atoms with Crippen LogP contribution >= 0.6 is 15.9 Å². The van der Waals surface area contributed by atoms with Crippen molar-refractivity contribution >= 4 is 24.0 Å². The summed E-state index contributed by atoms with van der Waals surface area (Å²) in [4.78, 5) is 3.35. The molecule has 16 heavy (non-hydrogen) atoms. The molecule has 0 aliphatic heterocycles. The molecule has 1 aliphatic rings. The van der Waals surface area contributed by atoms with Crippen molar-refractivity contribution in [2.75, 3.05) is 19.6 Å². The Morgan fingerprint density at radius 2 is 1.69 bits per heavy atom. The molecule has 0 amide bonds. The molecule has 0 N–H and O–H groups in total. The fourth-order valence-corrected chi connectivity index (χ4v) is 8.29. The molecule has 0 spiro atoms. The van der Waals surface area contributed by atoms with E-state index in [2.05, 4.69) is 54.3 Å². The summed E-state index contributed by atoms with van der Waals surface area (Å²) in [5.74, 6) is 0.886. The fourth-order valence-electron chi connectivity index (χ4n) is 2.96. The molecular weight excluding hydrogens is 278 g/mol. The lowest BCUT2D eigenvalue weighted by Gasteiger charge is -2.31. The van der Waals surface area contributed by atoms with E-state index in [4.69, 9.17) is 0 Å². The topological polar surface area (TPSA) is 3.24 Å². The minimum Gasteiger partial charge on any atom is -0.304 e. The van der Waals surface area contributed by atoms with Crippen molar-refractivity contribution in [1.82, 2.24) is 4.90 Å². The smallest absolute Gasteiger partial charge is 0.0485 e. The van der Waals surface area contributed by atoms with E-state index in [1.807, 2.05) is 0 Å². The van der Waals surface area contributed by atoms with Crippen LogP contribution in [-0.2, 0) is 0 Å². The van der Waals surface area contributed by atoms with Gasteiger partial charge in [-0.1, -0.05) is 55.8 Å². The van der Waals surface area contributed by atoms with Crippen LogP contribution in [0, 0.1) is 5.92 Å². The maximum Gasteiger partial charge on any atom is 0.0485 e. The summed E-state index contributed by atoms with van der Waals surface area (Å²) in [6.45, 7) is 15.8. The Kier molecular flexibility index (Phi) is 5.53. The zero-order valence-corrected chi connectivity index (χ0v) is 14.2. The molecule has 1 nitrogen and oxygen atoms in total. The lowest BCUT2D eigenvalue weighted by molar-refractivity contribution is 0.257. The molecule has 1 rings (SSSR count). The highest BCUT2D eigenvalue weighted by Gasteiger charge is 2.41. The van der Waals surface area contributed by atoms with Crippen molar-refractivity contribution in [2.24, 2.45) is 5.92 Å². The minimum absolute atomic E-state index is 0.778. The number of halogens is 1. The van der Waals surface area contributed by atoms with Crippen LogP contribution in [0.3, 0.4) is 0 Å². The van der Waals surface area contributed by atoms with E-state index in [1.54, 1.807) is 0 Å². The molecule has 3 unspecified atom stereocenters. The number of rotatable bonds is 5. The molecule has 0 radical (unpaired) electrons. The van der Waals surface area contributed by atoms with Crippen LogP contribution in [0.2, 0.25) is 25.2 Å². The number of nitrogens with zero attached hydrogens (tertiary/aromatic N) is 1. The van der Waals surface area contributed by atoms with Gasteiger partial charge in [0.15, 0.2) is 0 Å². The van der Waals surface area contributed by atoms with E-state index < -0.39 is 8.07 Å². The van der Waals surface area contributed by atoms with Gasteiger partial charge in [0.25, 0.3) is 0 Å². The summed E-state index contributed by atoms with van der Waals surface area (Å²) in [7, 11) is -0.966. The average Bonchev–Trinajstić information content (AvgIpc) is 2.56. The second-order valence-corrected chi connectivity index (χ2v) is 12.8. The van der Waals surface area contributed by atoms with Gasteiger partial charge in [-0.2, -0.15) is 0 Å². The molecule has 1 aliphatic carbocycles. The molecule has 1 fully saturated rings. The predicted molar refractivity (Wildman–Crippen MR) is 80.3 cm³/mol. The SMILES string of the molecule is CCN(CC)CC1CCC([Si](C)(C)C)C1Br. The minimum atomic E-state index is -0.966. The number of hydrogen-bond acceptors (Lipinski definition) is 1. The Morgan fingerprint density at radius 3 is 2.06 bits per heavy atom. The van der Waals surface area contributed by atoms with E-state index >= 15 is 0 Å². The second kappa shape index (κ2) is 6.01. The lowest BCUT2D eigenvalue weighted by atomic mass is 10.1.